The maximum absolute atomic E-state index is 6.09. The van der Waals surface area contributed by atoms with E-state index in [-0.39, 0.29) is 5.54 Å². The largest absolute Gasteiger partial charge is 0.383 e. The molecule has 1 heterocycles. The number of nitrogens with zero attached hydrogens (tertiary/aromatic N) is 2. The maximum atomic E-state index is 6.09. The SMILES string of the molecule is CCN(CCOC)C1(CN)CCN(C2CC2)C1. The quantitative estimate of drug-likeness (QED) is 0.705. The predicted octanol–water partition coefficient (Wildman–Crippen LogP) is 0.520. The molecule has 100 valence electrons. The highest BCUT2D eigenvalue weighted by atomic mass is 16.5. The van der Waals surface area contributed by atoms with Crippen LogP contribution in [0, 0.1) is 0 Å². The van der Waals surface area contributed by atoms with Crippen molar-refractivity contribution in [1.29, 1.82) is 0 Å². The van der Waals surface area contributed by atoms with E-state index in [0.29, 0.717) is 0 Å². The number of methoxy groups -OCH3 is 1. The summed E-state index contributed by atoms with van der Waals surface area (Å²) in [6.07, 6.45) is 4.01. The fourth-order valence-corrected chi connectivity index (χ4v) is 3.13. The maximum Gasteiger partial charge on any atom is 0.0589 e. The van der Waals surface area contributed by atoms with E-state index in [1.54, 1.807) is 7.11 Å². The molecule has 1 aliphatic carbocycles. The zero-order chi connectivity index (χ0) is 12.3. The van der Waals surface area contributed by atoms with Crippen molar-refractivity contribution in [1.82, 2.24) is 9.80 Å². The van der Waals surface area contributed by atoms with Crippen molar-refractivity contribution in [3.63, 3.8) is 0 Å². The molecule has 0 spiro atoms. The van der Waals surface area contributed by atoms with Gasteiger partial charge in [-0.2, -0.15) is 0 Å². The molecule has 1 saturated carbocycles. The summed E-state index contributed by atoms with van der Waals surface area (Å²) in [5, 5.41) is 0. The van der Waals surface area contributed by atoms with E-state index in [1.165, 1.54) is 25.8 Å². The summed E-state index contributed by atoms with van der Waals surface area (Å²) in [4.78, 5) is 5.17. The number of hydrogen-bond acceptors (Lipinski definition) is 4. The van der Waals surface area contributed by atoms with Crippen LogP contribution in [0.2, 0.25) is 0 Å². The van der Waals surface area contributed by atoms with Crippen molar-refractivity contribution < 1.29 is 4.74 Å². The second-order valence-corrected chi connectivity index (χ2v) is 5.45. The number of hydrogen-bond donors (Lipinski definition) is 1. The fourth-order valence-electron chi connectivity index (χ4n) is 3.13. The summed E-state index contributed by atoms with van der Waals surface area (Å²) in [6, 6.07) is 0.865. The molecule has 1 aliphatic heterocycles. The molecule has 0 aromatic rings. The van der Waals surface area contributed by atoms with Gasteiger partial charge < -0.3 is 10.5 Å². The Bertz CT molecular complexity index is 245. The molecule has 2 fully saturated rings. The third kappa shape index (κ3) is 2.81. The molecule has 4 nitrogen and oxygen atoms in total. The second-order valence-electron chi connectivity index (χ2n) is 5.45. The molecule has 0 aromatic heterocycles. The first-order valence-corrected chi connectivity index (χ1v) is 6.94. The Hall–Kier alpha value is -0.160. The van der Waals surface area contributed by atoms with Gasteiger partial charge in [0.05, 0.1) is 6.61 Å². The topological polar surface area (TPSA) is 41.7 Å². The average molecular weight is 241 g/mol. The van der Waals surface area contributed by atoms with E-state index < -0.39 is 0 Å². The van der Waals surface area contributed by atoms with Crippen LogP contribution >= 0.6 is 0 Å². The minimum Gasteiger partial charge on any atom is -0.383 e. The monoisotopic (exact) mass is 241 g/mol. The molecule has 2 rings (SSSR count). The number of likely N-dealkylation sites (N-methyl/N-ethyl adjacent to an activating group) is 1. The Balaban J connectivity index is 1.96. The number of ether oxygens (including phenoxy) is 1. The summed E-state index contributed by atoms with van der Waals surface area (Å²) in [7, 11) is 1.77. The van der Waals surface area contributed by atoms with Gasteiger partial charge in [-0.05, 0) is 25.8 Å². The molecule has 4 heteroatoms. The highest BCUT2D eigenvalue weighted by Crippen LogP contribution is 2.35. The average Bonchev–Trinajstić information content (AvgIpc) is 3.12. The van der Waals surface area contributed by atoms with E-state index in [1.807, 2.05) is 0 Å². The van der Waals surface area contributed by atoms with E-state index in [2.05, 4.69) is 16.7 Å². The molecule has 0 amide bonds. The predicted molar refractivity (Wildman–Crippen MR) is 70.1 cm³/mol. The van der Waals surface area contributed by atoms with Gasteiger partial charge in [0.15, 0.2) is 0 Å². The van der Waals surface area contributed by atoms with Crippen LogP contribution in [0.3, 0.4) is 0 Å². The van der Waals surface area contributed by atoms with Crippen molar-refractivity contribution >= 4 is 0 Å². The molecule has 0 bridgehead atoms. The van der Waals surface area contributed by atoms with E-state index >= 15 is 0 Å². The van der Waals surface area contributed by atoms with Crippen LogP contribution in [0.4, 0.5) is 0 Å². The third-order valence-corrected chi connectivity index (χ3v) is 4.42. The van der Waals surface area contributed by atoms with Gasteiger partial charge in [0, 0.05) is 44.9 Å². The smallest absolute Gasteiger partial charge is 0.0589 e. The van der Waals surface area contributed by atoms with Crippen LogP contribution in [0.5, 0.6) is 0 Å². The summed E-state index contributed by atoms with van der Waals surface area (Å²) in [5.41, 5.74) is 6.29. The molecule has 1 unspecified atom stereocenters. The molecule has 0 radical (unpaired) electrons. The minimum absolute atomic E-state index is 0.204. The van der Waals surface area contributed by atoms with E-state index in [4.69, 9.17) is 10.5 Å². The number of likely N-dealkylation sites (tertiary alicyclic amines) is 1. The van der Waals surface area contributed by atoms with Gasteiger partial charge in [-0.1, -0.05) is 6.92 Å². The lowest BCUT2D eigenvalue weighted by Gasteiger charge is -2.40. The summed E-state index contributed by atoms with van der Waals surface area (Å²) in [5.74, 6) is 0. The summed E-state index contributed by atoms with van der Waals surface area (Å²) in [6.45, 7) is 8.26. The zero-order valence-electron chi connectivity index (χ0n) is 11.3. The Morgan fingerprint density at radius 1 is 1.47 bits per heavy atom. The zero-order valence-corrected chi connectivity index (χ0v) is 11.3. The van der Waals surface area contributed by atoms with Crippen molar-refractivity contribution in [3.8, 4) is 0 Å². The van der Waals surface area contributed by atoms with Crippen LogP contribution in [0.1, 0.15) is 26.2 Å². The van der Waals surface area contributed by atoms with Gasteiger partial charge >= 0.3 is 0 Å². The highest BCUT2D eigenvalue weighted by Gasteiger charge is 2.45. The Morgan fingerprint density at radius 2 is 2.24 bits per heavy atom. The molecule has 17 heavy (non-hydrogen) atoms. The van der Waals surface area contributed by atoms with Crippen molar-refractivity contribution in [2.75, 3.05) is 46.4 Å². The molecule has 2 N–H and O–H groups in total. The molecule has 2 aliphatic rings. The lowest BCUT2D eigenvalue weighted by atomic mass is 9.96. The fraction of sp³-hybridized carbons (Fsp3) is 1.00. The van der Waals surface area contributed by atoms with Crippen molar-refractivity contribution in [3.05, 3.63) is 0 Å². The lowest BCUT2D eigenvalue weighted by Crippen LogP contribution is -2.56. The van der Waals surface area contributed by atoms with Crippen molar-refractivity contribution in [2.45, 2.75) is 37.8 Å². The van der Waals surface area contributed by atoms with Crippen LogP contribution in [-0.4, -0.2) is 67.8 Å². The Morgan fingerprint density at radius 3 is 2.76 bits per heavy atom. The summed E-state index contributed by atoms with van der Waals surface area (Å²) < 4.78 is 5.21. The first-order valence-electron chi connectivity index (χ1n) is 6.94. The van der Waals surface area contributed by atoms with E-state index in [0.717, 1.165) is 38.8 Å². The normalized spacial score (nSPS) is 30.4. The van der Waals surface area contributed by atoms with Crippen molar-refractivity contribution in [2.24, 2.45) is 5.73 Å². The first-order chi connectivity index (χ1) is 8.25. The van der Waals surface area contributed by atoms with Crippen LogP contribution in [0.25, 0.3) is 0 Å². The lowest BCUT2D eigenvalue weighted by molar-refractivity contribution is 0.0679. The molecule has 1 saturated heterocycles. The molecular weight excluding hydrogens is 214 g/mol. The first kappa shape index (κ1) is 13.3. The molecular formula is C13H27N3O. The van der Waals surface area contributed by atoms with Gasteiger partial charge in [0.25, 0.3) is 0 Å². The summed E-state index contributed by atoms with van der Waals surface area (Å²) >= 11 is 0. The Labute approximate surface area is 105 Å². The number of nitrogens with two attached hydrogens (primary N) is 1. The second kappa shape index (κ2) is 5.65. The highest BCUT2D eigenvalue weighted by molar-refractivity contribution is 5.03. The van der Waals surface area contributed by atoms with Gasteiger partial charge in [-0.25, -0.2) is 0 Å². The number of rotatable bonds is 7. The van der Waals surface area contributed by atoms with Crippen LogP contribution in [-0.2, 0) is 4.74 Å². The van der Waals surface area contributed by atoms with Gasteiger partial charge in [-0.3, -0.25) is 9.80 Å². The van der Waals surface area contributed by atoms with Crippen LogP contribution < -0.4 is 5.73 Å². The minimum atomic E-state index is 0.204. The third-order valence-electron chi connectivity index (χ3n) is 4.42. The van der Waals surface area contributed by atoms with Gasteiger partial charge in [0.1, 0.15) is 0 Å². The molecule has 1 atom stereocenters. The standard InChI is InChI=1S/C13H27N3O/c1-3-16(8-9-17-2)13(10-14)6-7-15(11-13)12-4-5-12/h12H,3-11,14H2,1-2H3. The van der Waals surface area contributed by atoms with Gasteiger partial charge in [-0.15, -0.1) is 0 Å². The Kier molecular flexibility index (Phi) is 4.42. The molecule has 0 aromatic carbocycles. The van der Waals surface area contributed by atoms with Crippen LogP contribution in [0.15, 0.2) is 0 Å². The van der Waals surface area contributed by atoms with Gasteiger partial charge in [0.2, 0.25) is 0 Å². The van der Waals surface area contributed by atoms with E-state index in [9.17, 15) is 0 Å².